The molecule has 1 aromatic heterocycles. The van der Waals surface area contributed by atoms with Gasteiger partial charge in [-0.2, -0.15) is 4.98 Å². The van der Waals surface area contributed by atoms with Gasteiger partial charge in [0.25, 0.3) is 0 Å². The SMILES string of the molecule is COC1CC12CCCN2c1ncnc(Nc2cccc(CS(N)(=O)=O)c2)n1. The Balaban J connectivity index is 1.53. The molecule has 144 valence electrons. The topological polar surface area (TPSA) is 123 Å². The number of rotatable bonds is 6. The lowest BCUT2D eigenvalue weighted by Crippen LogP contribution is -2.36. The molecule has 2 unspecified atom stereocenters. The molecule has 2 atom stereocenters. The van der Waals surface area contributed by atoms with E-state index in [1.165, 1.54) is 6.33 Å². The molecule has 1 aliphatic carbocycles. The van der Waals surface area contributed by atoms with Crippen molar-refractivity contribution in [1.29, 1.82) is 0 Å². The van der Waals surface area contributed by atoms with E-state index in [0.29, 0.717) is 23.1 Å². The highest BCUT2D eigenvalue weighted by atomic mass is 32.2. The summed E-state index contributed by atoms with van der Waals surface area (Å²) >= 11 is 0. The smallest absolute Gasteiger partial charge is 0.231 e. The predicted octanol–water partition coefficient (Wildman–Crippen LogP) is 1.16. The van der Waals surface area contributed by atoms with E-state index < -0.39 is 10.0 Å². The van der Waals surface area contributed by atoms with Crippen LogP contribution < -0.4 is 15.4 Å². The molecule has 1 saturated heterocycles. The van der Waals surface area contributed by atoms with Crippen LogP contribution in [0.4, 0.5) is 17.6 Å². The van der Waals surface area contributed by atoms with Crippen LogP contribution in [0.15, 0.2) is 30.6 Å². The first-order valence-corrected chi connectivity index (χ1v) is 10.5. The molecule has 0 amide bonds. The van der Waals surface area contributed by atoms with Crippen LogP contribution in [0.5, 0.6) is 0 Å². The molecule has 9 nitrogen and oxygen atoms in total. The van der Waals surface area contributed by atoms with Crippen LogP contribution in [0.3, 0.4) is 0 Å². The van der Waals surface area contributed by atoms with Crippen LogP contribution in [-0.2, 0) is 20.5 Å². The van der Waals surface area contributed by atoms with Crippen LogP contribution in [0.25, 0.3) is 0 Å². The molecule has 2 heterocycles. The Hall–Kier alpha value is -2.30. The van der Waals surface area contributed by atoms with Gasteiger partial charge in [0.05, 0.1) is 17.4 Å². The van der Waals surface area contributed by atoms with Gasteiger partial charge in [-0.25, -0.2) is 23.5 Å². The molecule has 10 heteroatoms. The summed E-state index contributed by atoms with van der Waals surface area (Å²) in [6, 6.07) is 7.00. The number of hydrogen-bond donors (Lipinski definition) is 2. The van der Waals surface area contributed by atoms with E-state index in [0.717, 1.165) is 25.8 Å². The first kappa shape index (κ1) is 18.1. The number of primary sulfonamides is 1. The molecule has 0 radical (unpaired) electrons. The number of sulfonamides is 1. The predicted molar refractivity (Wildman–Crippen MR) is 101 cm³/mol. The number of hydrogen-bond acceptors (Lipinski definition) is 8. The van der Waals surface area contributed by atoms with Crippen molar-refractivity contribution >= 4 is 27.6 Å². The standard InChI is InChI=1S/C17H22N6O3S/c1-26-14-9-17(14)6-3-7-23(17)16-20-11-19-15(22-16)21-13-5-2-4-12(8-13)10-27(18,24)25/h2,4-5,8,11,14H,3,6-7,9-10H2,1H3,(H2,18,24,25)(H,19,20,21,22). The van der Waals surface area contributed by atoms with Gasteiger partial charge < -0.3 is 15.0 Å². The summed E-state index contributed by atoms with van der Waals surface area (Å²) in [5, 5.41) is 8.23. The van der Waals surface area contributed by atoms with Crippen molar-refractivity contribution in [2.45, 2.75) is 36.7 Å². The van der Waals surface area contributed by atoms with Crippen molar-refractivity contribution in [3.8, 4) is 0 Å². The normalized spacial score (nSPS) is 24.4. The van der Waals surface area contributed by atoms with Gasteiger partial charge in [-0.1, -0.05) is 12.1 Å². The third kappa shape index (κ3) is 3.73. The van der Waals surface area contributed by atoms with Gasteiger partial charge in [0, 0.05) is 25.8 Å². The fourth-order valence-electron chi connectivity index (χ4n) is 3.89. The quantitative estimate of drug-likeness (QED) is 0.753. The van der Waals surface area contributed by atoms with Crippen LogP contribution in [0, 0.1) is 0 Å². The fourth-order valence-corrected chi connectivity index (χ4v) is 4.53. The highest BCUT2D eigenvalue weighted by molar-refractivity contribution is 7.88. The fraction of sp³-hybridized carbons (Fsp3) is 0.471. The summed E-state index contributed by atoms with van der Waals surface area (Å²) in [7, 11) is -1.85. The number of nitrogens with one attached hydrogen (secondary N) is 1. The molecule has 3 N–H and O–H groups in total. The van der Waals surface area contributed by atoms with Gasteiger partial charge in [-0.15, -0.1) is 0 Å². The number of nitrogens with two attached hydrogens (primary N) is 1. The Morgan fingerprint density at radius 2 is 2.26 bits per heavy atom. The monoisotopic (exact) mass is 390 g/mol. The third-order valence-electron chi connectivity index (χ3n) is 5.14. The molecule has 2 aliphatic rings. The third-order valence-corrected chi connectivity index (χ3v) is 5.88. The summed E-state index contributed by atoms with van der Waals surface area (Å²) in [6.45, 7) is 0.896. The van der Waals surface area contributed by atoms with Crippen molar-refractivity contribution in [3.63, 3.8) is 0 Å². The minimum absolute atomic E-state index is 0.0166. The summed E-state index contributed by atoms with van der Waals surface area (Å²) < 4.78 is 28.1. The van der Waals surface area contributed by atoms with Crippen LogP contribution in [0.1, 0.15) is 24.8 Å². The van der Waals surface area contributed by atoms with E-state index in [1.807, 2.05) is 6.07 Å². The Labute approximate surface area is 158 Å². The second-order valence-electron chi connectivity index (χ2n) is 7.03. The number of nitrogens with zero attached hydrogens (tertiary/aromatic N) is 4. The molecule has 4 rings (SSSR count). The van der Waals surface area contributed by atoms with E-state index in [1.54, 1.807) is 25.3 Å². The Kier molecular flexibility index (Phi) is 4.49. The largest absolute Gasteiger partial charge is 0.379 e. The number of anilines is 3. The van der Waals surface area contributed by atoms with Crippen molar-refractivity contribution in [2.75, 3.05) is 23.9 Å². The number of methoxy groups -OCH3 is 1. The Morgan fingerprint density at radius 3 is 3.00 bits per heavy atom. The maximum Gasteiger partial charge on any atom is 0.231 e. The summed E-state index contributed by atoms with van der Waals surface area (Å²) in [6.07, 6.45) is 4.87. The Morgan fingerprint density at radius 1 is 1.41 bits per heavy atom. The first-order chi connectivity index (χ1) is 12.9. The lowest BCUT2D eigenvalue weighted by Gasteiger charge is -2.25. The van der Waals surface area contributed by atoms with Gasteiger partial charge in [-0.05, 0) is 30.5 Å². The van der Waals surface area contributed by atoms with Crippen LogP contribution in [0.2, 0.25) is 0 Å². The van der Waals surface area contributed by atoms with Crippen molar-refractivity contribution in [3.05, 3.63) is 36.2 Å². The molecule has 2 aromatic rings. The van der Waals surface area contributed by atoms with E-state index in [-0.39, 0.29) is 17.4 Å². The molecular weight excluding hydrogens is 368 g/mol. The highest BCUT2D eigenvalue weighted by Crippen LogP contribution is 2.52. The minimum Gasteiger partial charge on any atom is -0.379 e. The molecule has 2 fully saturated rings. The average Bonchev–Trinajstić information content (AvgIpc) is 3.14. The maximum atomic E-state index is 11.3. The summed E-state index contributed by atoms with van der Waals surface area (Å²) in [5.41, 5.74) is 1.30. The van der Waals surface area contributed by atoms with Gasteiger partial charge in [0.15, 0.2) is 0 Å². The van der Waals surface area contributed by atoms with Crippen LogP contribution in [-0.4, -0.2) is 48.7 Å². The molecule has 1 aromatic carbocycles. The highest BCUT2D eigenvalue weighted by Gasteiger charge is 2.61. The average molecular weight is 390 g/mol. The second kappa shape index (κ2) is 6.70. The molecule has 27 heavy (non-hydrogen) atoms. The molecule has 1 saturated carbocycles. The second-order valence-corrected chi connectivity index (χ2v) is 8.64. The Bertz CT molecular complexity index is 953. The minimum atomic E-state index is -3.59. The summed E-state index contributed by atoms with van der Waals surface area (Å²) in [5.74, 6) is 0.814. The van der Waals surface area contributed by atoms with Crippen LogP contribution >= 0.6 is 0 Å². The van der Waals surface area contributed by atoms with E-state index >= 15 is 0 Å². The molecule has 0 bridgehead atoms. The zero-order valence-electron chi connectivity index (χ0n) is 15.0. The maximum absolute atomic E-state index is 11.3. The lowest BCUT2D eigenvalue weighted by molar-refractivity contribution is 0.162. The lowest BCUT2D eigenvalue weighted by atomic mass is 10.2. The molecule has 1 spiro atoms. The zero-order valence-corrected chi connectivity index (χ0v) is 15.8. The van der Waals surface area contributed by atoms with E-state index in [2.05, 4.69) is 25.2 Å². The van der Waals surface area contributed by atoms with E-state index in [4.69, 9.17) is 9.88 Å². The van der Waals surface area contributed by atoms with Gasteiger partial charge >= 0.3 is 0 Å². The van der Waals surface area contributed by atoms with Crippen molar-refractivity contribution in [2.24, 2.45) is 5.14 Å². The van der Waals surface area contributed by atoms with Gasteiger partial charge in [0.2, 0.25) is 21.9 Å². The van der Waals surface area contributed by atoms with Gasteiger partial charge in [0.1, 0.15) is 6.33 Å². The molecular formula is C17H22N6O3S. The van der Waals surface area contributed by atoms with E-state index in [9.17, 15) is 8.42 Å². The first-order valence-electron chi connectivity index (χ1n) is 8.75. The summed E-state index contributed by atoms with van der Waals surface area (Å²) in [4.78, 5) is 15.3. The molecule has 1 aliphatic heterocycles. The number of aromatic nitrogens is 3. The number of ether oxygens (including phenoxy) is 1. The zero-order chi connectivity index (χ0) is 19.1. The van der Waals surface area contributed by atoms with Crippen molar-refractivity contribution < 1.29 is 13.2 Å². The van der Waals surface area contributed by atoms with Gasteiger partial charge in [-0.3, -0.25) is 0 Å². The number of benzene rings is 1. The van der Waals surface area contributed by atoms with Crippen molar-refractivity contribution in [1.82, 2.24) is 15.0 Å².